The summed E-state index contributed by atoms with van der Waals surface area (Å²) in [5.74, 6) is 0.153. The summed E-state index contributed by atoms with van der Waals surface area (Å²) in [6, 6.07) is 4.80. The van der Waals surface area contributed by atoms with Gasteiger partial charge in [0.1, 0.15) is 5.82 Å². The molecule has 1 saturated carbocycles. The van der Waals surface area contributed by atoms with Gasteiger partial charge in [0.15, 0.2) is 0 Å². The minimum atomic E-state index is -0.378. The average molecular weight is 228 g/mol. The molecule has 0 bridgehead atoms. The highest BCUT2D eigenvalue weighted by molar-refractivity contribution is 6.30. The number of hydrogen-bond donors (Lipinski definition) is 1. The molecule has 1 nitrogen and oxygen atoms in total. The fraction of sp³-hybridized carbons (Fsp3) is 0.500. The van der Waals surface area contributed by atoms with E-state index >= 15 is 0 Å². The van der Waals surface area contributed by atoms with Gasteiger partial charge in [-0.05, 0) is 36.5 Å². The second-order valence-corrected chi connectivity index (χ2v) is 4.77. The lowest BCUT2D eigenvalue weighted by Gasteiger charge is -2.12. The van der Waals surface area contributed by atoms with E-state index in [0.29, 0.717) is 5.92 Å². The lowest BCUT2D eigenvalue weighted by atomic mass is 10.0. The molecule has 0 heterocycles. The van der Waals surface area contributed by atoms with Crippen LogP contribution in [0.15, 0.2) is 18.2 Å². The summed E-state index contributed by atoms with van der Waals surface area (Å²) in [6.45, 7) is 2.15. The molecule has 1 aliphatic carbocycles. The van der Waals surface area contributed by atoms with Crippen LogP contribution in [0, 0.1) is 11.7 Å². The molecule has 15 heavy (non-hydrogen) atoms. The summed E-state index contributed by atoms with van der Waals surface area (Å²) in [5.41, 5.74) is 6.94. The number of benzene rings is 1. The van der Waals surface area contributed by atoms with Gasteiger partial charge >= 0.3 is 0 Å². The van der Waals surface area contributed by atoms with Crippen LogP contribution in [-0.4, -0.2) is 0 Å². The van der Waals surface area contributed by atoms with Crippen molar-refractivity contribution in [2.24, 2.45) is 11.7 Å². The van der Waals surface area contributed by atoms with Crippen molar-refractivity contribution in [2.75, 3.05) is 0 Å². The van der Waals surface area contributed by atoms with Crippen LogP contribution in [-0.2, 0) is 5.54 Å². The maximum absolute atomic E-state index is 13.0. The van der Waals surface area contributed by atoms with Gasteiger partial charge in [0.25, 0.3) is 0 Å². The predicted octanol–water partition coefficient (Wildman–Crippen LogP) is 3.45. The Morgan fingerprint density at radius 1 is 1.60 bits per heavy atom. The van der Waals surface area contributed by atoms with Gasteiger partial charge in [0, 0.05) is 5.54 Å². The molecular weight excluding hydrogens is 213 g/mol. The zero-order chi connectivity index (χ0) is 11.1. The van der Waals surface area contributed by atoms with E-state index in [4.69, 9.17) is 17.3 Å². The normalized spacial score (nSPS) is 29.2. The fourth-order valence-corrected chi connectivity index (χ4v) is 2.38. The Bertz CT molecular complexity index is 380. The van der Waals surface area contributed by atoms with Crippen LogP contribution >= 0.6 is 11.6 Å². The molecule has 0 spiro atoms. The van der Waals surface area contributed by atoms with Gasteiger partial charge in [-0.15, -0.1) is 0 Å². The van der Waals surface area contributed by atoms with E-state index in [1.54, 1.807) is 12.1 Å². The molecule has 3 heteroatoms. The largest absolute Gasteiger partial charge is 0.321 e. The molecule has 0 aromatic heterocycles. The molecule has 0 saturated heterocycles. The molecule has 2 N–H and O–H groups in total. The highest BCUT2D eigenvalue weighted by Crippen LogP contribution is 2.52. The first kappa shape index (κ1) is 10.9. The van der Waals surface area contributed by atoms with Crippen molar-refractivity contribution in [3.8, 4) is 0 Å². The quantitative estimate of drug-likeness (QED) is 0.841. The lowest BCUT2D eigenvalue weighted by Crippen LogP contribution is -2.22. The molecule has 82 valence electrons. The number of nitrogens with two attached hydrogens (primary N) is 1. The monoisotopic (exact) mass is 227 g/mol. The standard InChI is InChI=1S/C12H15ClFN/c1-2-3-9-7-12(9,15)8-4-5-11(14)10(13)6-8/h4-6,9H,2-3,7,15H2,1H3. The van der Waals surface area contributed by atoms with Crippen LogP contribution in [0.4, 0.5) is 4.39 Å². The average Bonchev–Trinajstić information content (AvgIpc) is 2.84. The van der Waals surface area contributed by atoms with E-state index in [1.165, 1.54) is 6.07 Å². The minimum absolute atomic E-state index is 0.166. The summed E-state index contributed by atoms with van der Waals surface area (Å²) in [5, 5.41) is 0.166. The molecule has 1 aliphatic rings. The van der Waals surface area contributed by atoms with Crippen molar-refractivity contribution in [1.82, 2.24) is 0 Å². The first-order valence-corrected chi connectivity index (χ1v) is 5.70. The molecule has 0 amide bonds. The summed E-state index contributed by atoms with van der Waals surface area (Å²) < 4.78 is 13.0. The first-order valence-electron chi connectivity index (χ1n) is 5.32. The Kier molecular flexibility index (Phi) is 2.73. The van der Waals surface area contributed by atoms with Crippen molar-refractivity contribution in [1.29, 1.82) is 0 Å². The smallest absolute Gasteiger partial charge is 0.141 e. The Morgan fingerprint density at radius 2 is 2.33 bits per heavy atom. The van der Waals surface area contributed by atoms with Crippen LogP contribution < -0.4 is 5.73 Å². The Labute approximate surface area is 94.4 Å². The van der Waals surface area contributed by atoms with Crippen LogP contribution in [0.5, 0.6) is 0 Å². The van der Waals surface area contributed by atoms with E-state index in [1.807, 2.05) is 0 Å². The molecular formula is C12H15ClFN. The van der Waals surface area contributed by atoms with Gasteiger partial charge in [-0.2, -0.15) is 0 Å². The topological polar surface area (TPSA) is 26.0 Å². The Morgan fingerprint density at radius 3 is 2.93 bits per heavy atom. The molecule has 1 aromatic carbocycles. The lowest BCUT2D eigenvalue weighted by molar-refractivity contribution is 0.579. The first-order chi connectivity index (χ1) is 7.08. The van der Waals surface area contributed by atoms with E-state index in [9.17, 15) is 4.39 Å². The van der Waals surface area contributed by atoms with E-state index < -0.39 is 0 Å². The highest BCUT2D eigenvalue weighted by atomic mass is 35.5. The number of hydrogen-bond acceptors (Lipinski definition) is 1. The molecule has 1 fully saturated rings. The van der Waals surface area contributed by atoms with Gasteiger partial charge in [0.05, 0.1) is 5.02 Å². The van der Waals surface area contributed by atoms with Gasteiger partial charge in [-0.1, -0.05) is 31.0 Å². The van der Waals surface area contributed by atoms with E-state index in [-0.39, 0.29) is 16.4 Å². The maximum atomic E-state index is 13.0. The second kappa shape index (κ2) is 3.76. The van der Waals surface area contributed by atoms with Crippen molar-refractivity contribution in [2.45, 2.75) is 31.7 Å². The SMILES string of the molecule is CCCC1CC1(N)c1ccc(F)c(Cl)c1. The zero-order valence-corrected chi connectivity index (χ0v) is 9.52. The third-order valence-electron chi connectivity index (χ3n) is 3.25. The van der Waals surface area contributed by atoms with Gasteiger partial charge in [0.2, 0.25) is 0 Å². The van der Waals surface area contributed by atoms with Crippen LogP contribution in [0.25, 0.3) is 0 Å². The summed E-state index contributed by atoms with van der Waals surface area (Å²) in [6.07, 6.45) is 3.26. The zero-order valence-electron chi connectivity index (χ0n) is 8.76. The van der Waals surface area contributed by atoms with Crippen molar-refractivity contribution in [3.05, 3.63) is 34.6 Å². The molecule has 2 atom stereocenters. The van der Waals surface area contributed by atoms with Crippen molar-refractivity contribution in [3.63, 3.8) is 0 Å². The van der Waals surface area contributed by atoms with Crippen LogP contribution in [0.1, 0.15) is 31.7 Å². The molecule has 2 unspecified atom stereocenters. The second-order valence-electron chi connectivity index (χ2n) is 4.36. The Balaban J connectivity index is 2.21. The third kappa shape index (κ3) is 1.88. The molecule has 2 rings (SSSR count). The minimum Gasteiger partial charge on any atom is -0.321 e. The third-order valence-corrected chi connectivity index (χ3v) is 3.54. The van der Waals surface area contributed by atoms with E-state index in [0.717, 1.165) is 24.8 Å². The van der Waals surface area contributed by atoms with E-state index in [2.05, 4.69) is 6.92 Å². The summed E-state index contributed by atoms with van der Waals surface area (Å²) in [7, 11) is 0. The van der Waals surface area contributed by atoms with Crippen LogP contribution in [0.3, 0.4) is 0 Å². The molecule has 0 radical (unpaired) electrons. The Hall–Kier alpha value is -0.600. The maximum Gasteiger partial charge on any atom is 0.141 e. The summed E-state index contributed by atoms with van der Waals surface area (Å²) >= 11 is 5.74. The molecule has 1 aromatic rings. The van der Waals surface area contributed by atoms with Crippen LogP contribution in [0.2, 0.25) is 5.02 Å². The van der Waals surface area contributed by atoms with Gasteiger partial charge in [-0.25, -0.2) is 4.39 Å². The summed E-state index contributed by atoms with van der Waals surface area (Å²) in [4.78, 5) is 0. The number of rotatable bonds is 3. The van der Waals surface area contributed by atoms with Crippen molar-refractivity contribution < 1.29 is 4.39 Å². The van der Waals surface area contributed by atoms with Gasteiger partial charge < -0.3 is 5.73 Å². The highest BCUT2D eigenvalue weighted by Gasteiger charge is 2.51. The number of halogens is 2. The fourth-order valence-electron chi connectivity index (χ4n) is 2.20. The molecule has 0 aliphatic heterocycles. The van der Waals surface area contributed by atoms with Crippen molar-refractivity contribution >= 4 is 11.6 Å². The predicted molar refractivity (Wildman–Crippen MR) is 60.3 cm³/mol. The van der Waals surface area contributed by atoms with Gasteiger partial charge in [-0.3, -0.25) is 0 Å².